The van der Waals surface area contributed by atoms with Gasteiger partial charge in [-0.1, -0.05) is 111 Å². The van der Waals surface area contributed by atoms with Crippen LogP contribution in [0.25, 0.3) is 28.0 Å². The minimum atomic E-state index is -0.782. The predicted molar refractivity (Wildman–Crippen MR) is 210 cm³/mol. The van der Waals surface area contributed by atoms with Gasteiger partial charge in [0.05, 0.1) is 7.11 Å². The first-order chi connectivity index (χ1) is 25.0. The Morgan fingerprint density at radius 3 is 2.08 bits per heavy atom. The molecule has 3 nitrogen and oxygen atoms in total. The molecule has 4 aliphatic carbocycles. The second-order valence-corrected chi connectivity index (χ2v) is 16.3. The molecule has 51 heavy (non-hydrogen) atoms. The Kier molecular flexibility index (Phi) is 7.21. The summed E-state index contributed by atoms with van der Waals surface area (Å²) >= 11 is 0. The fourth-order valence-electron chi connectivity index (χ4n) is 11.9. The van der Waals surface area contributed by atoms with Crippen molar-refractivity contribution in [2.45, 2.75) is 68.8 Å². The average molecular weight is 672 g/mol. The van der Waals surface area contributed by atoms with Crippen LogP contribution in [0.4, 0.5) is 5.69 Å². The first-order valence-corrected chi connectivity index (χ1v) is 19.5. The van der Waals surface area contributed by atoms with Crippen molar-refractivity contribution in [1.29, 1.82) is 0 Å². The molecule has 3 fully saturated rings. The third-order valence-electron chi connectivity index (χ3n) is 13.9. The van der Waals surface area contributed by atoms with Gasteiger partial charge >= 0.3 is 0 Å². The molecule has 5 atom stereocenters. The topological polar surface area (TPSA) is 21.7 Å². The SMILES string of the molecule is COc1ccc2c3c(c4c(c2c1)OC(c1ccccc1)(c1ccc(N(C)C)cc1)C=C4)C1(c2ccccc2-3)C2CCCCC2CC2CCCCC21. The minimum absolute atomic E-state index is 0.00758. The van der Waals surface area contributed by atoms with Gasteiger partial charge < -0.3 is 14.4 Å². The zero-order chi connectivity index (χ0) is 34.3. The van der Waals surface area contributed by atoms with Crippen LogP contribution in [0.3, 0.4) is 0 Å². The Morgan fingerprint density at radius 2 is 1.37 bits per heavy atom. The highest BCUT2D eigenvalue weighted by molar-refractivity contribution is 6.09. The van der Waals surface area contributed by atoms with Gasteiger partial charge in [-0.05, 0) is 107 Å². The van der Waals surface area contributed by atoms with Crippen molar-refractivity contribution in [1.82, 2.24) is 0 Å². The zero-order valence-corrected chi connectivity index (χ0v) is 30.3. The van der Waals surface area contributed by atoms with E-state index in [2.05, 4.69) is 128 Å². The highest BCUT2D eigenvalue weighted by Crippen LogP contribution is 2.70. The second kappa shape index (κ2) is 11.8. The van der Waals surface area contributed by atoms with E-state index in [1.165, 1.54) is 85.6 Å². The van der Waals surface area contributed by atoms with Gasteiger partial charge in [0.1, 0.15) is 11.5 Å². The molecule has 0 saturated heterocycles. The molecule has 5 aromatic rings. The van der Waals surface area contributed by atoms with Gasteiger partial charge in [-0.15, -0.1) is 0 Å². The van der Waals surface area contributed by atoms with Gasteiger partial charge in [0.15, 0.2) is 5.60 Å². The summed E-state index contributed by atoms with van der Waals surface area (Å²) in [5.41, 5.74) is 10.0. The van der Waals surface area contributed by atoms with Gasteiger partial charge in [-0.25, -0.2) is 0 Å². The maximum Gasteiger partial charge on any atom is 0.178 e. The average Bonchev–Trinajstić information content (AvgIpc) is 3.49. The van der Waals surface area contributed by atoms with Crippen LogP contribution < -0.4 is 14.4 Å². The van der Waals surface area contributed by atoms with Crippen LogP contribution in [0.1, 0.15) is 85.6 Å². The van der Waals surface area contributed by atoms with Crippen molar-refractivity contribution in [3.05, 3.63) is 131 Å². The fraction of sp³-hybridized carbons (Fsp3) is 0.375. The van der Waals surface area contributed by atoms with Crippen LogP contribution >= 0.6 is 0 Å². The largest absolute Gasteiger partial charge is 0.497 e. The van der Waals surface area contributed by atoms with E-state index in [4.69, 9.17) is 9.47 Å². The monoisotopic (exact) mass is 671 g/mol. The van der Waals surface area contributed by atoms with E-state index in [-0.39, 0.29) is 5.41 Å². The molecule has 10 rings (SSSR count). The van der Waals surface area contributed by atoms with Crippen molar-refractivity contribution in [2.24, 2.45) is 23.7 Å². The van der Waals surface area contributed by atoms with E-state index in [1.807, 2.05) is 0 Å². The standard InChI is InChI=1S/C48H49NO2/c1-49(2)35-23-21-34(22-24-35)47(33-15-5-4-6-16-33)28-27-39-45-44(37-26-25-36(50-3)30-40(37)46(39)51-47)38-17-9-12-20-43(38)48(45)41-18-10-7-13-31(41)29-32-14-8-11-19-42(32)48/h4-6,9,12,15-17,20-28,30-32,41-42H,7-8,10-11,13-14,18-19,29H2,1-3H3. The molecule has 3 heteroatoms. The fourth-order valence-corrected chi connectivity index (χ4v) is 11.9. The summed E-state index contributed by atoms with van der Waals surface area (Å²) in [5, 5.41) is 2.43. The molecule has 0 amide bonds. The predicted octanol–water partition coefficient (Wildman–Crippen LogP) is 11.5. The lowest BCUT2D eigenvalue weighted by molar-refractivity contribution is -0.0154. The summed E-state index contributed by atoms with van der Waals surface area (Å²) in [7, 11) is 5.98. The molecule has 5 unspecified atom stereocenters. The zero-order valence-electron chi connectivity index (χ0n) is 30.3. The van der Waals surface area contributed by atoms with Gasteiger partial charge in [0.25, 0.3) is 0 Å². The third kappa shape index (κ3) is 4.36. The highest BCUT2D eigenvalue weighted by Gasteiger charge is 2.62. The molecule has 0 aromatic heterocycles. The van der Waals surface area contributed by atoms with Crippen molar-refractivity contribution >= 4 is 22.5 Å². The van der Waals surface area contributed by atoms with E-state index >= 15 is 0 Å². The number of anilines is 1. The molecule has 258 valence electrons. The third-order valence-corrected chi connectivity index (χ3v) is 13.9. The van der Waals surface area contributed by atoms with Crippen molar-refractivity contribution in [2.75, 3.05) is 26.1 Å². The van der Waals surface area contributed by atoms with E-state index in [9.17, 15) is 0 Å². The summed E-state index contributed by atoms with van der Waals surface area (Å²) in [6.07, 6.45) is 17.2. The number of nitrogens with zero attached hydrogens (tertiary/aromatic N) is 1. The molecule has 0 N–H and O–H groups in total. The number of fused-ring (bicyclic) bond motifs is 14. The lowest BCUT2D eigenvalue weighted by Crippen LogP contribution is -2.54. The minimum Gasteiger partial charge on any atom is -0.497 e. The molecule has 1 aliphatic heterocycles. The Labute approximate surface area is 303 Å². The van der Waals surface area contributed by atoms with Crippen LogP contribution in [0.15, 0.2) is 103 Å². The van der Waals surface area contributed by atoms with E-state index in [1.54, 1.807) is 18.2 Å². The number of benzene rings is 5. The molecular weight excluding hydrogens is 623 g/mol. The van der Waals surface area contributed by atoms with Crippen LogP contribution in [-0.2, 0) is 11.0 Å². The van der Waals surface area contributed by atoms with Crippen molar-refractivity contribution < 1.29 is 9.47 Å². The highest BCUT2D eigenvalue weighted by atomic mass is 16.5. The molecular formula is C48H49NO2. The van der Waals surface area contributed by atoms with Crippen LogP contribution in [0.2, 0.25) is 0 Å². The summed E-state index contributed by atoms with van der Waals surface area (Å²) in [5.74, 6) is 4.74. The molecule has 5 aromatic carbocycles. The maximum atomic E-state index is 7.78. The Balaban J connectivity index is 1.30. The van der Waals surface area contributed by atoms with Crippen molar-refractivity contribution in [3.8, 4) is 22.6 Å². The number of methoxy groups -OCH3 is 1. The summed E-state index contributed by atoms with van der Waals surface area (Å²) < 4.78 is 13.7. The molecule has 5 aliphatic rings. The van der Waals surface area contributed by atoms with Gasteiger partial charge in [-0.2, -0.15) is 0 Å². The van der Waals surface area contributed by atoms with Gasteiger partial charge in [0, 0.05) is 47.3 Å². The summed E-state index contributed by atoms with van der Waals surface area (Å²) in [6.45, 7) is 0. The second-order valence-electron chi connectivity index (χ2n) is 16.3. The normalized spacial score (nSPS) is 28.6. The first kappa shape index (κ1) is 31.3. The van der Waals surface area contributed by atoms with Crippen molar-refractivity contribution in [3.63, 3.8) is 0 Å². The molecule has 1 spiro atoms. The molecule has 1 heterocycles. The number of ether oxygens (including phenoxy) is 2. The van der Waals surface area contributed by atoms with E-state index in [0.717, 1.165) is 39.8 Å². The lowest BCUT2D eigenvalue weighted by Gasteiger charge is -2.59. The van der Waals surface area contributed by atoms with Crippen LogP contribution in [-0.4, -0.2) is 21.2 Å². The number of rotatable bonds is 4. The van der Waals surface area contributed by atoms with Crippen LogP contribution in [0.5, 0.6) is 11.5 Å². The Bertz CT molecular complexity index is 2140. The smallest absolute Gasteiger partial charge is 0.178 e. The molecule has 0 bridgehead atoms. The molecule has 0 radical (unpaired) electrons. The van der Waals surface area contributed by atoms with Gasteiger partial charge in [-0.3, -0.25) is 0 Å². The van der Waals surface area contributed by atoms with Crippen LogP contribution in [0, 0.1) is 23.7 Å². The Morgan fingerprint density at radius 1 is 0.706 bits per heavy atom. The number of hydrogen-bond donors (Lipinski definition) is 0. The molecule has 3 saturated carbocycles. The first-order valence-electron chi connectivity index (χ1n) is 19.5. The summed E-state index contributed by atoms with van der Waals surface area (Å²) in [6, 6.07) is 36.1. The maximum absolute atomic E-state index is 7.78. The number of hydrogen-bond acceptors (Lipinski definition) is 3. The summed E-state index contributed by atoms with van der Waals surface area (Å²) in [4.78, 5) is 2.16. The van der Waals surface area contributed by atoms with E-state index in [0.29, 0.717) is 11.8 Å². The lowest BCUT2D eigenvalue weighted by atomic mass is 9.44. The Hall–Kier alpha value is -4.50. The van der Waals surface area contributed by atoms with Gasteiger partial charge in [0.2, 0.25) is 0 Å². The van der Waals surface area contributed by atoms with E-state index < -0.39 is 5.60 Å². The quantitative estimate of drug-likeness (QED) is 0.190.